The van der Waals surface area contributed by atoms with Crippen LogP contribution in [0.2, 0.25) is 0 Å². The van der Waals surface area contributed by atoms with E-state index < -0.39 is 25.0 Å². The fourth-order valence-corrected chi connectivity index (χ4v) is 5.76. The fourth-order valence-electron chi connectivity index (χ4n) is 3.39. The first-order valence-electron chi connectivity index (χ1n) is 10.0. The van der Waals surface area contributed by atoms with E-state index in [1.807, 2.05) is 6.92 Å². The topological polar surface area (TPSA) is 127 Å². The summed E-state index contributed by atoms with van der Waals surface area (Å²) in [6, 6.07) is 17.5. The lowest BCUT2D eigenvalue weighted by Gasteiger charge is -2.21. The van der Waals surface area contributed by atoms with Crippen LogP contribution in [-0.4, -0.2) is 31.9 Å². The molecule has 0 aromatic heterocycles. The monoisotopic (exact) mass is 497 g/mol. The normalized spacial score (nSPS) is 15.1. The molecule has 174 valence electrons. The molecule has 0 bridgehead atoms. The number of hydrogen-bond donors (Lipinski definition) is 0. The molecule has 1 aliphatic rings. The molecule has 1 aliphatic heterocycles. The molecule has 0 amide bonds. The van der Waals surface area contributed by atoms with E-state index in [2.05, 4.69) is 4.40 Å². The van der Waals surface area contributed by atoms with Crippen LogP contribution < -0.4 is 0 Å². The molecule has 1 heterocycles. The van der Waals surface area contributed by atoms with Gasteiger partial charge in [0.15, 0.2) is 0 Å². The minimum absolute atomic E-state index is 0.0193. The summed E-state index contributed by atoms with van der Waals surface area (Å²) in [5, 5.41) is 10.9. The van der Waals surface area contributed by atoms with Crippen LogP contribution in [0.4, 0.5) is 5.69 Å². The number of benzene rings is 3. The number of fused-ring (bicyclic) bond motifs is 1. The van der Waals surface area contributed by atoms with Crippen LogP contribution in [0.1, 0.15) is 16.7 Å². The van der Waals surface area contributed by atoms with E-state index in [1.165, 1.54) is 18.3 Å². The summed E-state index contributed by atoms with van der Waals surface area (Å²) in [5.41, 5.74) is 2.01. The summed E-state index contributed by atoms with van der Waals surface area (Å²) >= 11 is 0. The lowest BCUT2D eigenvalue weighted by molar-refractivity contribution is -0.384. The van der Waals surface area contributed by atoms with Crippen LogP contribution in [0.25, 0.3) is 6.08 Å². The van der Waals surface area contributed by atoms with Gasteiger partial charge in [-0.2, -0.15) is 8.42 Å². The maximum atomic E-state index is 13.5. The van der Waals surface area contributed by atoms with Crippen LogP contribution in [0.5, 0.6) is 0 Å². The second-order valence-corrected chi connectivity index (χ2v) is 11.0. The molecule has 3 aromatic carbocycles. The van der Waals surface area contributed by atoms with Crippen molar-refractivity contribution in [1.29, 1.82) is 0 Å². The van der Waals surface area contributed by atoms with Gasteiger partial charge in [0.1, 0.15) is 5.84 Å². The third kappa shape index (κ3) is 4.61. The molecule has 34 heavy (non-hydrogen) atoms. The third-order valence-corrected chi connectivity index (χ3v) is 8.23. The molecule has 0 radical (unpaired) electrons. The maximum absolute atomic E-state index is 13.5. The van der Waals surface area contributed by atoms with Gasteiger partial charge < -0.3 is 0 Å². The van der Waals surface area contributed by atoms with E-state index in [0.717, 1.165) is 39.7 Å². The van der Waals surface area contributed by atoms with Gasteiger partial charge in [-0.1, -0.05) is 42.0 Å². The summed E-state index contributed by atoms with van der Waals surface area (Å²) in [5.74, 6) is -0.222. The van der Waals surface area contributed by atoms with E-state index in [0.29, 0.717) is 5.56 Å². The Labute approximate surface area is 197 Å². The van der Waals surface area contributed by atoms with Gasteiger partial charge in [-0.15, -0.1) is 4.40 Å². The number of rotatable bonds is 5. The molecular weight excluding hydrogens is 478 g/mol. The number of nitrogens with zero attached hydrogens (tertiary/aromatic N) is 3. The van der Waals surface area contributed by atoms with Gasteiger partial charge in [0.2, 0.25) is 0 Å². The van der Waals surface area contributed by atoms with Crippen LogP contribution in [0, 0.1) is 17.0 Å². The van der Waals surface area contributed by atoms with Crippen molar-refractivity contribution < 1.29 is 21.8 Å². The zero-order valence-electron chi connectivity index (χ0n) is 17.9. The number of aryl methyl sites for hydroxylation is 1. The highest BCUT2D eigenvalue weighted by atomic mass is 32.2. The average molecular weight is 498 g/mol. The van der Waals surface area contributed by atoms with Crippen LogP contribution in [0.3, 0.4) is 0 Å². The third-order valence-electron chi connectivity index (χ3n) is 5.20. The summed E-state index contributed by atoms with van der Waals surface area (Å²) < 4.78 is 57.8. The highest BCUT2D eigenvalue weighted by molar-refractivity contribution is 7.91. The van der Waals surface area contributed by atoms with Crippen molar-refractivity contribution >= 4 is 37.6 Å². The highest BCUT2D eigenvalue weighted by Gasteiger charge is 2.30. The first-order chi connectivity index (χ1) is 16.1. The summed E-state index contributed by atoms with van der Waals surface area (Å²) in [6.45, 7) is 1.82. The quantitative estimate of drug-likeness (QED) is 0.388. The summed E-state index contributed by atoms with van der Waals surface area (Å²) in [6.07, 6.45) is 2.80. The van der Waals surface area contributed by atoms with E-state index in [9.17, 15) is 26.9 Å². The molecule has 0 atom stereocenters. The Bertz CT molecular complexity index is 1530. The summed E-state index contributed by atoms with van der Waals surface area (Å²) in [7, 11) is -8.56. The van der Waals surface area contributed by atoms with Gasteiger partial charge in [-0.3, -0.25) is 10.1 Å². The molecule has 0 saturated heterocycles. The Kier molecular flexibility index (Phi) is 6.07. The molecule has 0 N–H and O–H groups in total. The maximum Gasteiger partial charge on any atom is 0.283 e. The first-order valence-corrected chi connectivity index (χ1v) is 12.9. The van der Waals surface area contributed by atoms with Crippen LogP contribution in [0.15, 0.2) is 93.2 Å². The smallest absolute Gasteiger partial charge is 0.258 e. The SMILES string of the molecule is Cc1ccc(S(=O)(=O)N2C=Cc3ccccc3C/C2=N\S(=O)(=O)c2ccc([N+](=O)[O-])cc2)cc1. The molecule has 11 heteroatoms. The number of amidine groups is 1. The second-order valence-electron chi connectivity index (χ2n) is 7.54. The molecular formula is C23H19N3O6S2. The van der Waals surface area contributed by atoms with Gasteiger partial charge >= 0.3 is 0 Å². The predicted molar refractivity (Wildman–Crippen MR) is 127 cm³/mol. The van der Waals surface area contributed by atoms with Gasteiger partial charge in [-0.25, -0.2) is 12.7 Å². The lowest BCUT2D eigenvalue weighted by Crippen LogP contribution is -2.33. The minimum atomic E-state index is -4.38. The highest BCUT2D eigenvalue weighted by Crippen LogP contribution is 2.26. The van der Waals surface area contributed by atoms with E-state index in [4.69, 9.17) is 0 Å². The van der Waals surface area contributed by atoms with E-state index in [1.54, 1.807) is 42.5 Å². The lowest BCUT2D eigenvalue weighted by atomic mass is 10.1. The van der Waals surface area contributed by atoms with Gasteiger partial charge in [-0.05, 0) is 48.4 Å². The number of nitro benzene ring substituents is 1. The van der Waals surface area contributed by atoms with Gasteiger partial charge in [0, 0.05) is 24.8 Å². The van der Waals surface area contributed by atoms with Crippen molar-refractivity contribution in [3.05, 3.63) is 106 Å². The minimum Gasteiger partial charge on any atom is -0.258 e. The van der Waals surface area contributed by atoms with Gasteiger partial charge in [0.05, 0.1) is 14.7 Å². The Hall–Kier alpha value is -3.83. The molecule has 0 spiro atoms. The number of non-ortho nitro benzene ring substituents is 1. The molecule has 0 fully saturated rings. The summed E-state index contributed by atoms with van der Waals surface area (Å²) in [4.78, 5) is 9.93. The van der Waals surface area contributed by atoms with Gasteiger partial charge in [0.25, 0.3) is 25.7 Å². The number of sulfonamides is 2. The Balaban J connectivity index is 1.85. The van der Waals surface area contributed by atoms with E-state index >= 15 is 0 Å². The molecule has 9 nitrogen and oxygen atoms in total. The van der Waals surface area contributed by atoms with Crippen molar-refractivity contribution in [2.45, 2.75) is 23.1 Å². The first kappa shape index (κ1) is 23.3. The van der Waals surface area contributed by atoms with E-state index in [-0.39, 0.29) is 27.7 Å². The van der Waals surface area contributed by atoms with Crippen LogP contribution >= 0.6 is 0 Å². The Morgan fingerprint density at radius 3 is 2.15 bits per heavy atom. The standard InChI is InChI=1S/C23H19N3O6S2/c1-17-6-10-22(11-7-17)34(31,32)25-15-14-18-4-2-3-5-19(18)16-23(25)24-33(29,30)21-12-8-20(9-13-21)26(27)28/h2-15H,16H2,1H3/b24-23+. The number of hydrogen-bond acceptors (Lipinski definition) is 6. The van der Waals surface area contributed by atoms with Crippen molar-refractivity contribution in [1.82, 2.24) is 4.31 Å². The predicted octanol–water partition coefficient (Wildman–Crippen LogP) is 3.91. The van der Waals surface area contributed by atoms with Crippen molar-refractivity contribution in [2.75, 3.05) is 0 Å². The van der Waals surface area contributed by atoms with Crippen molar-refractivity contribution in [3.63, 3.8) is 0 Å². The van der Waals surface area contributed by atoms with Crippen LogP contribution in [-0.2, 0) is 26.5 Å². The molecule has 3 aromatic rings. The second kappa shape index (κ2) is 8.84. The number of nitro groups is 1. The largest absolute Gasteiger partial charge is 0.283 e. The molecule has 0 unspecified atom stereocenters. The zero-order chi connectivity index (χ0) is 24.5. The molecule has 0 saturated carbocycles. The Morgan fingerprint density at radius 1 is 0.882 bits per heavy atom. The van der Waals surface area contributed by atoms with Crippen molar-refractivity contribution in [2.24, 2.45) is 4.40 Å². The van der Waals surface area contributed by atoms with Crippen molar-refractivity contribution in [3.8, 4) is 0 Å². The molecule has 4 rings (SSSR count). The molecule has 0 aliphatic carbocycles. The fraction of sp³-hybridized carbons (Fsp3) is 0.0870. The Morgan fingerprint density at radius 2 is 1.50 bits per heavy atom. The average Bonchev–Trinajstić information content (AvgIpc) is 2.98. The zero-order valence-corrected chi connectivity index (χ0v) is 19.5.